The minimum absolute atomic E-state index is 0.0922. The first-order valence-corrected chi connectivity index (χ1v) is 9.27. The van der Waals surface area contributed by atoms with E-state index in [-0.39, 0.29) is 11.4 Å². The Morgan fingerprint density at radius 2 is 1.81 bits per heavy atom. The zero-order chi connectivity index (χ0) is 19.2. The fraction of sp³-hybridized carbons (Fsp3) is 0.0909. The van der Waals surface area contributed by atoms with Crippen molar-refractivity contribution in [2.24, 2.45) is 0 Å². The SMILES string of the molecule is COc1cccc(NC(=O)/C(=C/c2sccc2C)C(=O)c2ccccc2)c1. The third-order valence-corrected chi connectivity index (χ3v) is 5.00. The molecule has 0 spiro atoms. The van der Waals surface area contributed by atoms with Crippen LogP contribution in [0.15, 0.2) is 71.6 Å². The van der Waals surface area contributed by atoms with Gasteiger partial charge in [-0.25, -0.2) is 0 Å². The zero-order valence-electron chi connectivity index (χ0n) is 15.1. The number of anilines is 1. The molecule has 1 N–H and O–H groups in total. The van der Waals surface area contributed by atoms with Gasteiger partial charge < -0.3 is 10.1 Å². The summed E-state index contributed by atoms with van der Waals surface area (Å²) in [5, 5.41) is 4.73. The Kier molecular flexibility index (Phi) is 5.84. The topological polar surface area (TPSA) is 55.4 Å². The van der Waals surface area contributed by atoms with Gasteiger partial charge in [0.15, 0.2) is 5.78 Å². The van der Waals surface area contributed by atoms with Gasteiger partial charge in [0.1, 0.15) is 5.75 Å². The number of aryl methyl sites for hydroxylation is 1. The normalized spacial score (nSPS) is 11.1. The van der Waals surface area contributed by atoms with E-state index in [9.17, 15) is 9.59 Å². The summed E-state index contributed by atoms with van der Waals surface area (Å²) in [5.41, 5.74) is 2.15. The minimum Gasteiger partial charge on any atom is -0.497 e. The molecule has 1 aromatic heterocycles. The maximum Gasteiger partial charge on any atom is 0.259 e. The first-order valence-electron chi connectivity index (χ1n) is 8.39. The number of carbonyl (C=O) groups is 2. The summed E-state index contributed by atoms with van der Waals surface area (Å²) in [6.07, 6.45) is 1.66. The Morgan fingerprint density at radius 3 is 2.48 bits per heavy atom. The molecule has 0 aliphatic heterocycles. The van der Waals surface area contributed by atoms with Gasteiger partial charge in [-0.1, -0.05) is 36.4 Å². The molecule has 0 saturated carbocycles. The monoisotopic (exact) mass is 377 g/mol. The van der Waals surface area contributed by atoms with Crippen LogP contribution in [0.3, 0.4) is 0 Å². The average molecular weight is 377 g/mol. The van der Waals surface area contributed by atoms with E-state index in [2.05, 4.69) is 5.32 Å². The van der Waals surface area contributed by atoms with E-state index in [1.165, 1.54) is 11.3 Å². The van der Waals surface area contributed by atoms with Gasteiger partial charge in [-0.05, 0) is 42.1 Å². The molecule has 3 rings (SSSR count). The lowest BCUT2D eigenvalue weighted by Crippen LogP contribution is -2.20. The van der Waals surface area contributed by atoms with Crippen molar-refractivity contribution in [1.29, 1.82) is 0 Å². The molecule has 0 aliphatic carbocycles. The molecule has 0 atom stereocenters. The number of amides is 1. The van der Waals surface area contributed by atoms with Crippen LogP contribution in [0.25, 0.3) is 6.08 Å². The zero-order valence-corrected chi connectivity index (χ0v) is 15.9. The summed E-state index contributed by atoms with van der Waals surface area (Å²) in [4.78, 5) is 26.8. The predicted molar refractivity (Wildman–Crippen MR) is 109 cm³/mol. The highest BCUT2D eigenvalue weighted by Crippen LogP contribution is 2.23. The summed E-state index contributed by atoms with van der Waals surface area (Å²) >= 11 is 1.49. The Labute approximate surface area is 162 Å². The average Bonchev–Trinajstić information content (AvgIpc) is 3.11. The van der Waals surface area contributed by atoms with Gasteiger partial charge in [0.2, 0.25) is 0 Å². The first-order chi connectivity index (χ1) is 13.1. The van der Waals surface area contributed by atoms with Crippen molar-refractivity contribution in [2.75, 3.05) is 12.4 Å². The highest BCUT2D eigenvalue weighted by molar-refractivity contribution is 7.11. The molecule has 0 unspecified atom stereocenters. The molecule has 136 valence electrons. The van der Waals surface area contributed by atoms with Crippen molar-refractivity contribution < 1.29 is 14.3 Å². The molecular weight excluding hydrogens is 358 g/mol. The van der Waals surface area contributed by atoms with Gasteiger partial charge in [-0.15, -0.1) is 11.3 Å². The number of nitrogens with one attached hydrogen (secondary N) is 1. The molecule has 3 aromatic rings. The summed E-state index contributed by atoms with van der Waals surface area (Å²) in [5.74, 6) is -0.143. The van der Waals surface area contributed by atoms with Crippen LogP contribution >= 0.6 is 11.3 Å². The summed E-state index contributed by atoms with van der Waals surface area (Å²) in [6.45, 7) is 1.95. The minimum atomic E-state index is -0.454. The Hall–Kier alpha value is -3.18. The van der Waals surface area contributed by atoms with E-state index in [0.717, 1.165) is 10.4 Å². The van der Waals surface area contributed by atoms with E-state index in [4.69, 9.17) is 4.74 Å². The lowest BCUT2D eigenvalue weighted by Gasteiger charge is -2.10. The van der Waals surface area contributed by atoms with Crippen LogP contribution in [-0.4, -0.2) is 18.8 Å². The van der Waals surface area contributed by atoms with Gasteiger partial charge in [0.25, 0.3) is 5.91 Å². The van der Waals surface area contributed by atoms with Crippen molar-refractivity contribution in [1.82, 2.24) is 0 Å². The number of carbonyl (C=O) groups excluding carboxylic acids is 2. The first kappa shape index (κ1) is 18.6. The van der Waals surface area contributed by atoms with Gasteiger partial charge in [-0.2, -0.15) is 0 Å². The van der Waals surface area contributed by atoms with Gasteiger partial charge in [0, 0.05) is 22.2 Å². The molecule has 27 heavy (non-hydrogen) atoms. The third-order valence-electron chi connectivity index (χ3n) is 4.03. The van der Waals surface area contributed by atoms with Crippen LogP contribution in [0.4, 0.5) is 5.69 Å². The molecule has 1 amide bonds. The van der Waals surface area contributed by atoms with Crippen molar-refractivity contribution in [3.63, 3.8) is 0 Å². The molecule has 2 aromatic carbocycles. The van der Waals surface area contributed by atoms with E-state index >= 15 is 0 Å². The smallest absolute Gasteiger partial charge is 0.259 e. The molecular formula is C22H19NO3S. The van der Waals surface area contributed by atoms with Gasteiger partial charge >= 0.3 is 0 Å². The second kappa shape index (κ2) is 8.47. The molecule has 1 heterocycles. The van der Waals surface area contributed by atoms with E-state index in [1.54, 1.807) is 61.7 Å². The Bertz CT molecular complexity index is 990. The standard InChI is InChI=1S/C22H19NO3S/c1-15-11-12-27-20(15)14-19(21(24)16-7-4-3-5-8-16)22(25)23-17-9-6-10-18(13-17)26-2/h3-14H,1-2H3,(H,23,25)/b19-14+. The lowest BCUT2D eigenvalue weighted by molar-refractivity contribution is -0.112. The molecule has 0 bridgehead atoms. The quantitative estimate of drug-likeness (QED) is 0.286. The molecule has 0 aliphatic rings. The predicted octanol–water partition coefficient (Wildman–Crippen LogP) is 4.97. The number of hydrogen-bond acceptors (Lipinski definition) is 4. The molecule has 0 saturated heterocycles. The maximum atomic E-state index is 13.0. The summed E-state index contributed by atoms with van der Waals surface area (Å²) in [7, 11) is 1.56. The Balaban J connectivity index is 1.96. The third kappa shape index (κ3) is 4.51. The van der Waals surface area contributed by atoms with Crippen molar-refractivity contribution in [3.05, 3.63) is 87.6 Å². The van der Waals surface area contributed by atoms with Crippen molar-refractivity contribution >= 4 is 34.8 Å². The summed E-state index contributed by atoms with van der Waals surface area (Å²) < 4.78 is 5.18. The fourth-order valence-corrected chi connectivity index (χ4v) is 3.40. The number of rotatable bonds is 6. The number of hydrogen-bond donors (Lipinski definition) is 1. The Morgan fingerprint density at radius 1 is 1.04 bits per heavy atom. The van der Waals surface area contributed by atoms with E-state index in [0.29, 0.717) is 17.0 Å². The van der Waals surface area contributed by atoms with Crippen LogP contribution in [0, 0.1) is 6.92 Å². The number of methoxy groups -OCH3 is 1. The maximum absolute atomic E-state index is 13.0. The number of Topliss-reactive ketones (excluding diaryl/α,β-unsaturated/α-hetero) is 1. The van der Waals surface area contributed by atoms with Crippen LogP contribution in [0.5, 0.6) is 5.75 Å². The number of ether oxygens (including phenoxy) is 1. The number of thiophene rings is 1. The molecule has 5 heteroatoms. The van der Waals surface area contributed by atoms with Crippen LogP contribution < -0.4 is 10.1 Å². The second-order valence-electron chi connectivity index (χ2n) is 5.91. The molecule has 0 radical (unpaired) electrons. The lowest BCUT2D eigenvalue weighted by atomic mass is 10.0. The molecule has 4 nitrogen and oxygen atoms in total. The van der Waals surface area contributed by atoms with Gasteiger partial charge in [0.05, 0.1) is 12.7 Å². The van der Waals surface area contributed by atoms with Crippen molar-refractivity contribution in [3.8, 4) is 5.75 Å². The largest absolute Gasteiger partial charge is 0.497 e. The molecule has 0 fully saturated rings. The number of ketones is 1. The van der Waals surface area contributed by atoms with E-state index < -0.39 is 5.91 Å². The van der Waals surface area contributed by atoms with Crippen LogP contribution in [-0.2, 0) is 4.79 Å². The fourth-order valence-electron chi connectivity index (χ4n) is 2.54. The highest BCUT2D eigenvalue weighted by atomic mass is 32.1. The van der Waals surface area contributed by atoms with Crippen molar-refractivity contribution in [2.45, 2.75) is 6.92 Å². The second-order valence-corrected chi connectivity index (χ2v) is 6.85. The number of benzene rings is 2. The summed E-state index contributed by atoms with van der Waals surface area (Å²) in [6, 6.07) is 17.8. The van der Waals surface area contributed by atoms with Gasteiger partial charge in [-0.3, -0.25) is 9.59 Å². The van der Waals surface area contributed by atoms with Crippen LogP contribution in [0.1, 0.15) is 20.8 Å². The highest BCUT2D eigenvalue weighted by Gasteiger charge is 2.21. The van der Waals surface area contributed by atoms with Crippen LogP contribution in [0.2, 0.25) is 0 Å². The van der Waals surface area contributed by atoms with E-state index in [1.807, 2.05) is 24.4 Å².